The average molecular weight is 615 g/mol. The van der Waals surface area contributed by atoms with E-state index in [-0.39, 0.29) is 40.1 Å². The fourth-order valence-electron chi connectivity index (χ4n) is 4.71. The maximum Gasteiger partial charge on any atom is 0.415 e. The van der Waals surface area contributed by atoms with Crippen LogP contribution in [0, 0.1) is 0 Å². The fourth-order valence-corrected chi connectivity index (χ4v) is 7.25. The second-order valence-corrected chi connectivity index (χ2v) is 12.5. The lowest BCUT2D eigenvalue weighted by Gasteiger charge is -2.34. The summed E-state index contributed by atoms with van der Waals surface area (Å²) in [5.74, 6) is -1.73. The van der Waals surface area contributed by atoms with Gasteiger partial charge in [0.25, 0.3) is 0 Å². The predicted molar refractivity (Wildman–Crippen MR) is 146 cm³/mol. The van der Waals surface area contributed by atoms with E-state index in [0.717, 1.165) is 4.31 Å². The molecule has 2 heterocycles. The highest BCUT2D eigenvalue weighted by Crippen LogP contribution is 2.36. The number of morpholine rings is 1. The Morgan fingerprint density at radius 2 is 1.70 bits per heavy atom. The third-order valence-corrected chi connectivity index (χ3v) is 9.36. The van der Waals surface area contributed by atoms with Gasteiger partial charge in [-0.2, -0.15) is 4.31 Å². The van der Waals surface area contributed by atoms with Crippen LogP contribution in [-0.2, 0) is 30.8 Å². The minimum atomic E-state index is -4.17. The molecule has 14 heteroatoms. The Hall–Kier alpha value is -2.90. The summed E-state index contributed by atoms with van der Waals surface area (Å²) in [5.41, 5.74) is -0.965. The highest BCUT2D eigenvalue weighted by Gasteiger charge is 2.50. The van der Waals surface area contributed by atoms with Gasteiger partial charge in [0.05, 0.1) is 18.1 Å². The Morgan fingerprint density at radius 1 is 1.07 bits per heavy atom. The molecule has 11 nitrogen and oxygen atoms in total. The van der Waals surface area contributed by atoms with Crippen LogP contribution in [-0.4, -0.2) is 85.1 Å². The molecule has 1 unspecified atom stereocenters. The van der Waals surface area contributed by atoms with Crippen molar-refractivity contribution in [3.8, 4) is 5.75 Å². The molecule has 2 aromatic rings. The van der Waals surface area contributed by atoms with E-state index in [1.165, 1.54) is 42.2 Å². The summed E-state index contributed by atoms with van der Waals surface area (Å²) < 4.78 is 38.5. The molecule has 0 saturated carbocycles. The number of halogens is 2. The van der Waals surface area contributed by atoms with Gasteiger partial charge >= 0.3 is 12.1 Å². The first-order chi connectivity index (χ1) is 18.9. The van der Waals surface area contributed by atoms with E-state index < -0.39 is 39.6 Å². The normalized spacial score (nSPS) is 20.6. The number of carboxylic acids is 1. The monoisotopic (exact) mass is 613 g/mol. The molecule has 2 fully saturated rings. The second-order valence-electron chi connectivity index (χ2n) is 9.74. The number of nitrogens with one attached hydrogen (secondary N) is 1. The topological polar surface area (TPSA) is 143 Å². The minimum absolute atomic E-state index is 0.0682. The summed E-state index contributed by atoms with van der Waals surface area (Å²) in [6.45, 7) is 3.28. The molecule has 2 aliphatic heterocycles. The van der Waals surface area contributed by atoms with Crippen molar-refractivity contribution in [2.45, 2.75) is 42.7 Å². The Labute approximate surface area is 242 Å². The molecule has 216 valence electrons. The minimum Gasteiger partial charge on any atom is -0.480 e. The molecular weight excluding hydrogens is 585 g/mol. The second kappa shape index (κ2) is 12.3. The van der Waals surface area contributed by atoms with E-state index in [1.54, 1.807) is 12.1 Å². The molecule has 0 spiro atoms. The zero-order valence-electron chi connectivity index (χ0n) is 21.6. The molecule has 2 atom stereocenters. The molecule has 0 bridgehead atoms. The van der Waals surface area contributed by atoms with Gasteiger partial charge < -0.3 is 24.8 Å². The fraction of sp³-hybridized carbons (Fsp3) is 0.423. The number of hydrogen-bond acceptors (Lipinski definition) is 7. The van der Waals surface area contributed by atoms with Crippen LogP contribution >= 0.6 is 23.2 Å². The molecule has 2 aliphatic rings. The summed E-state index contributed by atoms with van der Waals surface area (Å²) in [6, 6.07) is 8.84. The Morgan fingerprint density at radius 3 is 2.30 bits per heavy atom. The Kier molecular flexibility index (Phi) is 9.26. The van der Waals surface area contributed by atoms with Gasteiger partial charge in [0.15, 0.2) is 0 Å². The van der Waals surface area contributed by atoms with Crippen LogP contribution in [0.25, 0.3) is 0 Å². The van der Waals surface area contributed by atoms with Crippen molar-refractivity contribution in [3.63, 3.8) is 0 Å². The third-order valence-electron chi connectivity index (χ3n) is 6.93. The van der Waals surface area contributed by atoms with Crippen LogP contribution < -0.4 is 10.1 Å². The van der Waals surface area contributed by atoms with E-state index in [9.17, 15) is 27.9 Å². The van der Waals surface area contributed by atoms with Crippen LogP contribution in [0.1, 0.15) is 25.3 Å². The SMILES string of the molecule is C[C@@]1(C(=O)NC(Cc2ccc(OC(=O)N3CCOCC3)cc2)C(=O)O)CCCN1S(=O)(=O)c1cc(Cl)cc(Cl)c1. The molecule has 2 aromatic carbocycles. The molecule has 0 aliphatic carbocycles. The quantitative estimate of drug-likeness (QED) is 0.462. The van der Waals surface area contributed by atoms with E-state index in [1.807, 2.05) is 0 Å². The number of carboxylic acid groups (broad SMARTS) is 1. The summed E-state index contributed by atoms with van der Waals surface area (Å²) in [4.78, 5) is 39.1. The average Bonchev–Trinajstić information content (AvgIpc) is 3.33. The van der Waals surface area contributed by atoms with Crippen molar-refractivity contribution in [2.75, 3.05) is 32.8 Å². The number of carbonyl (C=O) groups is 3. The smallest absolute Gasteiger partial charge is 0.415 e. The van der Waals surface area contributed by atoms with Gasteiger partial charge in [-0.3, -0.25) is 4.79 Å². The lowest BCUT2D eigenvalue weighted by molar-refractivity contribution is -0.143. The van der Waals surface area contributed by atoms with Gasteiger partial charge in [-0.25, -0.2) is 18.0 Å². The van der Waals surface area contributed by atoms with Gasteiger partial charge in [0.2, 0.25) is 15.9 Å². The maximum absolute atomic E-state index is 13.4. The molecule has 4 rings (SSSR count). The summed E-state index contributed by atoms with van der Waals surface area (Å²) in [7, 11) is -4.17. The van der Waals surface area contributed by atoms with Crippen LogP contribution in [0.15, 0.2) is 47.4 Å². The lowest BCUT2D eigenvalue weighted by Crippen LogP contribution is -2.58. The van der Waals surface area contributed by atoms with Gasteiger partial charge in [0.1, 0.15) is 17.3 Å². The van der Waals surface area contributed by atoms with E-state index >= 15 is 0 Å². The molecular formula is C26H29Cl2N3O8S. The van der Waals surface area contributed by atoms with Crippen molar-refractivity contribution in [3.05, 3.63) is 58.1 Å². The first-order valence-electron chi connectivity index (χ1n) is 12.6. The maximum atomic E-state index is 13.4. The molecule has 2 amide bonds. The third kappa shape index (κ3) is 6.69. The number of ether oxygens (including phenoxy) is 2. The molecule has 0 aromatic heterocycles. The Bertz CT molecular complexity index is 1360. The van der Waals surface area contributed by atoms with Crippen LogP contribution in [0.2, 0.25) is 10.0 Å². The number of rotatable bonds is 8. The number of carbonyl (C=O) groups excluding carboxylic acids is 2. The van der Waals surface area contributed by atoms with Crippen molar-refractivity contribution >= 4 is 51.2 Å². The first-order valence-corrected chi connectivity index (χ1v) is 14.8. The number of sulfonamides is 1. The van der Waals surface area contributed by atoms with Crippen LogP contribution in [0.3, 0.4) is 0 Å². The van der Waals surface area contributed by atoms with Gasteiger partial charge in [-0.1, -0.05) is 35.3 Å². The number of aliphatic carboxylic acids is 1. The zero-order valence-corrected chi connectivity index (χ0v) is 24.0. The van der Waals surface area contributed by atoms with Crippen molar-refractivity contribution in [1.82, 2.24) is 14.5 Å². The van der Waals surface area contributed by atoms with Gasteiger partial charge in [-0.15, -0.1) is 0 Å². The number of amides is 2. The highest BCUT2D eigenvalue weighted by atomic mass is 35.5. The number of benzene rings is 2. The van der Waals surface area contributed by atoms with Gasteiger partial charge in [-0.05, 0) is 55.7 Å². The Balaban J connectivity index is 1.44. The molecule has 40 heavy (non-hydrogen) atoms. The molecule has 2 N–H and O–H groups in total. The summed E-state index contributed by atoms with van der Waals surface area (Å²) in [6.07, 6.45) is 0.0174. The van der Waals surface area contributed by atoms with Crippen molar-refractivity contribution < 1.29 is 37.4 Å². The standard InChI is InChI=1S/C26H29Cl2N3O8S/c1-26(7-2-8-31(26)40(36,37)21-15-18(27)14-19(28)16-21)24(34)29-22(23(32)33)13-17-3-5-20(6-4-17)39-25(35)30-9-11-38-12-10-30/h3-6,14-16,22H,2,7-13H2,1H3,(H,29,34)(H,32,33)/t22?,26-/m0/s1. The molecule has 2 saturated heterocycles. The summed E-state index contributed by atoms with van der Waals surface area (Å²) >= 11 is 12.0. The number of nitrogens with zero attached hydrogens (tertiary/aromatic N) is 2. The highest BCUT2D eigenvalue weighted by molar-refractivity contribution is 7.89. The van der Waals surface area contributed by atoms with Crippen LogP contribution in [0.5, 0.6) is 5.75 Å². The van der Waals surface area contributed by atoms with E-state index in [0.29, 0.717) is 38.3 Å². The lowest BCUT2D eigenvalue weighted by atomic mass is 9.97. The van der Waals surface area contributed by atoms with E-state index in [4.69, 9.17) is 32.7 Å². The van der Waals surface area contributed by atoms with Crippen molar-refractivity contribution in [2.24, 2.45) is 0 Å². The number of hydrogen-bond donors (Lipinski definition) is 2. The molecule has 0 radical (unpaired) electrons. The largest absolute Gasteiger partial charge is 0.480 e. The van der Waals surface area contributed by atoms with E-state index in [2.05, 4.69) is 5.32 Å². The van der Waals surface area contributed by atoms with Crippen molar-refractivity contribution in [1.29, 1.82) is 0 Å². The predicted octanol–water partition coefficient (Wildman–Crippen LogP) is 3.18. The zero-order chi connectivity index (χ0) is 29.1. The summed E-state index contributed by atoms with van der Waals surface area (Å²) in [5, 5.41) is 12.6. The van der Waals surface area contributed by atoms with Crippen LogP contribution in [0.4, 0.5) is 4.79 Å². The first kappa shape index (κ1) is 30.1. The van der Waals surface area contributed by atoms with Gasteiger partial charge in [0, 0.05) is 36.1 Å².